The largest absolute Gasteiger partial charge is 0.396 e. The van der Waals surface area contributed by atoms with Crippen LogP contribution in [0.25, 0.3) is 0 Å². The van der Waals surface area contributed by atoms with Gasteiger partial charge in [0.05, 0.1) is 16.9 Å². The van der Waals surface area contributed by atoms with Crippen LogP contribution in [0.3, 0.4) is 0 Å². The maximum atomic E-state index is 12.2. The number of anilines is 2. The van der Waals surface area contributed by atoms with Crippen LogP contribution in [0.15, 0.2) is 18.2 Å². The zero-order chi connectivity index (χ0) is 15.3. The second-order valence-electron chi connectivity index (χ2n) is 4.51. The molecule has 110 valence electrons. The SMILES string of the molecule is CCN(CC)C(=O)C(C)Nc1cccc(C(N)=O)c1N. The molecule has 0 bridgehead atoms. The highest BCUT2D eigenvalue weighted by Gasteiger charge is 2.19. The minimum atomic E-state index is -0.589. The van der Waals surface area contributed by atoms with Gasteiger partial charge < -0.3 is 21.7 Å². The van der Waals surface area contributed by atoms with Gasteiger partial charge in [-0.3, -0.25) is 9.59 Å². The fraction of sp³-hybridized carbons (Fsp3) is 0.429. The molecule has 0 aromatic heterocycles. The van der Waals surface area contributed by atoms with E-state index in [9.17, 15) is 9.59 Å². The van der Waals surface area contributed by atoms with Crippen molar-refractivity contribution in [2.75, 3.05) is 24.1 Å². The molecule has 6 heteroatoms. The molecule has 0 spiro atoms. The highest BCUT2D eigenvalue weighted by molar-refractivity contribution is 6.01. The molecule has 1 aromatic rings. The second kappa shape index (κ2) is 6.79. The quantitative estimate of drug-likeness (QED) is 0.676. The number of carbonyl (C=O) groups is 2. The van der Waals surface area contributed by atoms with Crippen molar-refractivity contribution < 1.29 is 9.59 Å². The van der Waals surface area contributed by atoms with Crippen molar-refractivity contribution in [2.45, 2.75) is 26.8 Å². The van der Waals surface area contributed by atoms with Crippen LogP contribution in [0.4, 0.5) is 11.4 Å². The van der Waals surface area contributed by atoms with Crippen molar-refractivity contribution in [3.63, 3.8) is 0 Å². The van der Waals surface area contributed by atoms with Gasteiger partial charge in [0, 0.05) is 13.1 Å². The topological polar surface area (TPSA) is 101 Å². The highest BCUT2D eigenvalue weighted by atomic mass is 16.2. The number of nitrogens with zero attached hydrogens (tertiary/aromatic N) is 1. The minimum Gasteiger partial charge on any atom is -0.396 e. The summed E-state index contributed by atoms with van der Waals surface area (Å²) < 4.78 is 0. The number of primary amides is 1. The Morgan fingerprint density at radius 2 is 1.90 bits per heavy atom. The third-order valence-corrected chi connectivity index (χ3v) is 3.19. The third-order valence-electron chi connectivity index (χ3n) is 3.19. The number of hydrogen-bond donors (Lipinski definition) is 3. The van der Waals surface area contributed by atoms with Crippen molar-refractivity contribution in [3.8, 4) is 0 Å². The molecule has 5 N–H and O–H groups in total. The van der Waals surface area contributed by atoms with E-state index in [-0.39, 0.29) is 17.2 Å². The monoisotopic (exact) mass is 278 g/mol. The van der Waals surface area contributed by atoms with Crippen LogP contribution < -0.4 is 16.8 Å². The van der Waals surface area contributed by atoms with Crippen LogP contribution in [0, 0.1) is 0 Å². The summed E-state index contributed by atoms with van der Waals surface area (Å²) in [5.41, 5.74) is 12.2. The van der Waals surface area contributed by atoms with Crippen LogP contribution >= 0.6 is 0 Å². The number of likely N-dealkylation sites (N-methyl/N-ethyl adjacent to an activating group) is 1. The lowest BCUT2D eigenvalue weighted by Gasteiger charge is -2.24. The number of para-hydroxylation sites is 1. The molecule has 1 unspecified atom stereocenters. The fourth-order valence-electron chi connectivity index (χ4n) is 2.01. The zero-order valence-corrected chi connectivity index (χ0v) is 12.1. The average Bonchev–Trinajstić information content (AvgIpc) is 2.41. The van der Waals surface area contributed by atoms with Gasteiger partial charge in [-0.2, -0.15) is 0 Å². The molecule has 0 saturated heterocycles. The summed E-state index contributed by atoms with van der Waals surface area (Å²) in [7, 11) is 0. The normalized spacial score (nSPS) is 11.8. The first-order valence-electron chi connectivity index (χ1n) is 6.65. The first kappa shape index (κ1) is 15.8. The molecule has 6 nitrogen and oxygen atoms in total. The summed E-state index contributed by atoms with van der Waals surface area (Å²) in [6, 6.07) is 4.52. The Bertz CT molecular complexity index is 498. The maximum Gasteiger partial charge on any atom is 0.250 e. The number of benzene rings is 1. The predicted octanol–water partition coefficient (Wildman–Crippen LogP) is 1.04. The van der Waals surface area contributed by atoms with E-state index < -0.39 is 11.9 Å². The van der Waals surface area contributed by atoms with Crippen LogP contribution in [-0.2, 0) is 4.79 Å². The molecule has 1 rings (SSSR count). The Labute approximate surface area is 119 Å². The summed E-state index contributed by atoms with van der Waals surface area (Å²) >= 11 is 0. The number of hydrogen-bond acceptors (Lipinski definition) is 4. The zero-order valence-electron chi connectivity index (χ0n) is 12.1. The molecule has 0 aliphatic carbocycles. The van der Waals surface area contributed by atoms with Gasteiger partial charge in [0.25, 0.3) is 5.91 Å². The summed E-state index contributed by atoms with van der Waals surface area (Å²) in [6.07, 6.45) is 0. The van der Waals surface area contributed by atoms with Gasteiger partial charge in [-0.05, 0) is 32.9 Å². The van der Waals surface area contributed by atoms with Crippen molar-refractivity contribution in [1.82, 2.24) is 4.90 Å². The first-order valence-corrected chi connectivity index (χ1v) is 6.65. The van der Waals surface area contributed by atoms with Gasteiger partial charge in [-0.1, -0.05) is 6.07 Å². The fourth-order valence-corrected chi connectivity index (χ4v) is 2.01. The second-order valence-corrected chi connectivity index (χ2v) is 4.51. The molecule has 1 atom stereocenters. The van der Waals surface area contributed by atoms with E-state index >= 15 is 0 Å². The van der Waals surface area contributed by atoms with Crippen molar-refractivity contribution in [3.05, 3.63) is 23.8 Å². The van der Waals surface area contributed by atoms with Crippen LogP contribution in [0.5, 0.6) is 0 Å². The molecule has 1 aromatic carbocycles. The molecular weight excluding hydrogens is 256 g/mol. The van der Waals surface area contributed by atoms with Gasteiger partial charge in [-0.25, -0.2) is 0 Å². The minimum absolute atomic E-state index is 0.0149. The smallest absolute Gasteiger partial charge is 0.250 e. The van der Waals surface area contributed by atoms with Gasteiger partial charge >= 0.3 is 0 Å². The summed E-state index contributed by atoms with van der Waals surface area (Å²) in [4.78, 5) is 25.1. The molecule has 2 amide bonds. The van der Waals surface area contributed by atoms with Gasteiger partial charge in [0.15, 0.2) is 0 Å². The number of nitrogen functional groups attached to an aromatic ring is 1. The van der Waals surface area contributed by atoms with Crippen LogP contribution in [-0.4, -0.2) is 35.8 Å². The lowest BCUT2D eigenvalue weighted by Crippen LogP contribution is -2.41. The number of carbonyl (C=O) groups excluding carboxylic acids is 2. The molecule has 0 aliphatic rings. The predicted molar refractivity (Wildman–Crippen MR) is 80.4 cm³/mol. The Morgan fingerprint density at radius 3 is 2.40 bits per heavy atom. The molecule has 0 fully saturated rings. The van der Waals surface area contributed by atoms with E-state index in [1.807, 2.05) is 13.8 Å². The lowest BCUT2D eigenvalue weighted by atomic mass is 10.1. The summed E-state index contributed by atoms with van der Waals surface area (Å²) in [6.45, 7) is 6.92. The van der Waals surface area contributed by atoms with Gasteiger partial charge in [0.1, 0.15) is 6.04 Å². The van der Waals surface area contributed by atoms with Crippen LogP contribution in [0.1, 0.15) is 31.1 Å². The van der Waals surface area contributed by atoms with Crippen molar-refractivity contribution in [2.24, 2.45) is 5.73 Å². The number of nitrogens with one attached hydrogen (secondary N) is 1. The maximum absolute atomic E-state index is 12.2. The van der Waals surface area contributed by atoms with Gasteiger partial charge in [0.2, 0.25) is 5.91 Å². The first-order chi connectivity index (χ1) is 9.42. The van der Waals surface area contributed by atoms with Gasteiger partial charge in [-0.15, -0.1) is 0 Å². The summed E-state index contributed by atoms with van der Waals surface area (Å²) in [5, 5.41) is 3.03. The average molecular weight is 278 g/mol. The number of nitrogens with two attached hydrogens (primary N) is 2. The molecule has 0 aliphatic heterocycles. The van der Waals surface area contributed by atoms with E-state index in [2.05, 4.69) is 5.32 Å². The van der Waals surface area contributed by atoms with Crippen LogP contribution in [0.2, 0.25) is 0 Å². The highest BCUT2D eigenvalue weighted by Crippen LogP contribution is 2.23. The third kappa shape index (κ3) is 3.40. The van der Waals surface area contributed by atoms with E-state index in [0.29, 0.717) is 18.8 Å². The van der Waals surface area contributed by atoms with Crippen molar-refractivity contribution >= 4 is 23.2 Å². The Kier molecular flexibility index (Phi) is 5.37. The molecular formula is C14H22N4O2. The van der Waals surface area contributed by atoms with Crippen molar-refractivity contribution in [1.29, 1.82) is 0 Å². The van der Waals surface area contributed by atoms with E-state index in [1.54, 1.807) is 30.0 Å². The van der Waals surface area contributed by atoms with E-state index in [0.717, 1.165) is 0 Å². The number of amides is 2. The number of rotatable bonds is 6. The summed E-state index contributed by atoms with van der Waals surface area (Å²) in [5.74, 6) is -0.604. The molecule has 0 radical (unpaired) electrons. The molecule has 0 heterocycles. The Balaban J connectivity index is 2.91. The van der Waals surface area contributed by atoms with E-state index in [4.69, 9.17) is 11.5 Å². The van der Waals surface area contributed by atoms with E-state index in [1.165, 1.54) is 0 Å². The molecule has 20 heavy (non-hydrogen) atoms. The standard InChI is InChI=1S/C14H22N4O2/c1-4-18(5-2)14(20)9(3)17-11-8-6-7-10(12(11)15)13(16)19/h6-9,17H,4-5,15H2,1-3H3,(H2,16,19). The Morgan fingerprint density at radius 1 is 1.30 bits per heavy atom. The lowest BCUT2D eigenvalue weighted by molar-refractivity contribution is -0.131. The molecule has 0 saturated carbocycles. The Hall–Kier alpha value is -2.24.